The molecule has 1 aromatic carbocycles. The second kappa shape index (κ2) is 13.1. The maximum Gasteiger partial charge on any atom is 0.195 e. The van der Waals surface area contributed by atoms with Gasteiger partial charge >= 0.3 is 0 Å². The van der Waals surface area contributed by atoms with Crippen LogP contribution >= 0.6 is 24.0 Å². The average Bonchev–Trinajstić information content (AvgIpc) is 2.67. The highest BCUT2D eigenvalue weighted by Gasteiger charge is 2.21. The molecule has 6 nitrogen and oxygen atoms in total. The normalized spacial score (nSPS) is 17.8. The maximum atomic E-state index is 5.59. The molecule has 1 unspecified atom stereocenters. The zero-order valence-electron chi connectivity index (χ0n) is 18.0. The van der Waals surface area contributed by atoms with Crippen LogP contribution in [0.5, 0.6) is 11.5 Å². The topological polar surface area (TPSA) is 58.1 Å². The molecule has 7 heteroatoms. The number of rotatable bonds is 8. The number of hydrogen-bond acceptors (Lipinski definition) is 4. The van der Waals surface area contributed by atoms with Gasteiger partial charge in [-0.3, -0.25) is 4.99 Å². The molecular weight excluding hydrogens is 467 g/mol. The second-order valence-corrected chi connectivity index (χ2v) is 7.24. The molecule has 2 rings (SSSR count). The zero-order chi connectivity index (χ0) is 19.6. The minimum absolute atomic E-state index is 0. The fourth-order valence-corrected chi connectivity index (χ4v) is 3.40. The number of benzene rings is 1. The number of anilines is 1. The average molecular weight is 504 g/mol. The van der Waals surface area contributed by atoms with E-state index in [0.717, 1.165) is 42.8 Å². The van der Waals surface area contributed by atoms with Gasteiger partial charge in [0.1, 0.15) is 0 Å². The highest BCUT2D eigenvalue weighted by Crippen LogP contribution is 2.30. The molecule has 2 N–H and O–H groups in total. The van der Waals surface area contributed by atoms with Crippen molar-refractivity contribution in [3.05, 3.63) is 18.2 Å². The molecule has 1 saturated heterocycles. The lowest BCUT2D eigenvalue weighted by atomic mass is 9.97. The number of ether oxygens (including phenoxy) is 2. The zero-order valence-corrected chi connectivity index (χ0v) is 20.3. The molecule has 1 aliphatic heterocycles. The number of hydrogen-bond donors (Lipinski definition) is 2. The van der Waals surface area contributed by atoms with Gasteiger partial charge in [-0.25, -0.2) is 0 Å². The molecule has 0 bridgehead atoms. The third-order valence-electron chi connectivity index (χ3n) is 4.86. The summed E-state index contributed by atoms with van der Waals surface area (Å²) < 4.78 is 11.0. The van der Waals surface area contributed by atoms with Crippen molar-refractivity contribution in [2.75, 3.05) is 45.2 Å². The van der Waals surface area contributed by atoms with E-state index in [9.17, 15) is 0 Å². The predicted octanol–water partition coefficient (Wildman–Crippen LogP) is 4.21. The van der Waals surface area contributed by atoms with Crippen molar-refractivity contribution in [3.8, 4) is 11.5 Å². The van der Waals surface area contributed by atoms with Crippen LogP contribution in [-0.4, -0.2) is 56.8 Å². The first kappa shape index (κ1) is 24.8. The largest absolute Gasteiger partial charge is 0.493 e. The minimum atomic E-state index is 0. The van der Waals surface area contributed by atoms with Crippen LogP contribution < -0.4 is 20.1 Å². The standard InChI is InChI=1S/C21H36N4O2.HI/c1-6-22-21(23-14-17-9-8-12-25(15-17)16(3)4)24-18-10-11-19(27-7-2)20(13-18)26-5;/h10-11,13,16-17H,6-9,12,14-15H2,1-5H3,(H2,22,23,24);1H. The number of nitrogens with one attached hydrogen (secondary N) is 2. The van der Waals surface area contributed by atoms with Crippen LogP contribution in [0.25, 0.3) is 0 Å². The Morgan fingerprint density at radius 2 is 2.07 bits per heavy atom. The Labute approximate surface area is 187 Å². The van der Waals surface area contributed by atoms with Crippen molar-refractivity contribution in [2.24, 2.45) is 10.9 Å². The van der Waals surface area contributed by atoms with Crippen LogP contribution in [0.4, 0.5) is 5.69 Å². The molecule has 1 atom stereocenters. The van der Waals surface area contributed by atoms with Gasteiger partial charge in [0.25, 0.3) is 0 Å². The van der Waals surface area contributed by atoms with E-state index < -0.39 is 0 Å². The van der Waals surface area contributed by atoms with E-state index in [4.69, 9.17) is 14.5 Å². The molecule has 0 aliphatic carbocycles. The van der Waals surface area contributed by atoms with Crippen molar-refractivity contribution in [1.82, 2.24) is 10.2 Å². The van der Waals surface area contributed by atoms with Gasteiger partial charge in [-0.1, -0.05) is 0 Å². The Hall–Kier alpha value is -1.22. The molecule has 0 aromatic heterocycles. The van der Waals surface area contributed by atoms with E-state index in [-0.39, 0.29) is 24.0 Å². The maximum absolute atomic E-state index is 5.59. The molecule has 28 heavy (non-hydrogen) atoms. The molecule has 1 heterocycles. The molecule has 1 aromatic rings. The van der Waals surface area contributed by atoms with E-state index in [1.54, 1.807) is 7.11 Å². The number of likely N-dealkylation sites (tertiary alicyclic amines) is 1. The summed E-state index contributed by atoms with van der Waals surface area (Å²) in [5.41, 5.74) is 0.933. The van der Waals surface area contributed by atoms with Gasteiger partial charge in [-0.05, 0) is 65.1 Å². The Bertz CT molecular complexity index is 610. The van der Waals surface area contributed by atoms with Crippen molar-refractivity contribution < 1.29 is 9.47 Å². The van der Waals surface area contributed by atoms with Gasteiger partial charge in [-0.2, -0.15) is 0 Å². The van der Waals surface area contributed by atoms with E-state index >= 15 is 0 Å². The number of aliphatic imine (C=N–C) groups is 1. The van der Waals surface area contributed by atoms with Gasteiger partial charge in [0, 0.05) is 37.4 Å². The smallest absolute Gasteiger partial charge is 0.195 e. The summed E-state index contributed by atoms with van der Waals surface area (Å²) >= 11 is 0. The summed E-state index contributed by atoms with van der Waals surface area (Å²) in [6.07, 6.45) is 2.52. The quantitative estimate of drug-likeness (QED) is 0.316. The third kappa shape index (κ3) is 7.66. The van der Waals surface area contributed by atoms with E-state index in [1.807, 2.05) is 25.1 Å². The lowest BCUT2D eigenvalue weighted by molar-refractivity contribution is 0.143. The fourth-order valence-electron chi connectivity index (χ4n) is 3.40. The van der Waals surface area contributed by atoms with E-state index in [1.165, 1.54) is 19.4 Å². The highest BCUT2D eigenvalue weighted by atomic mass is 127. The van der Waals surface area contributed by atoms with Crippen molar-refractivity contribution in [3.63, 3.8) is 0 Å². The lowest BCUT2D eigenvalue weighted by Crippen LogP contribution is -2.41. The second-order valence-electron chi connectivity index (χ2n) is 7.24. The van der Waals surface area contributed by atoms with Gasteiger partial charge in [0.15, 0.2) is 17.5 Å². The number of halogens is 1. The highest BCUT2D eigenvalue weighted by molar-refractivity contribution is 14.0. The summed E-state index contributed by atoms with van der Waals surface area (Å²) in [7, 11) is 1.66. The van der Waals surface area contributed by atoms with Gasteiger partial charge in [-0.15, -0.1) is 24.0 Å². The Morgan fingerprint density at radius 1 is 1.29 bits per heavy atom. The van der Waals surface area contributed by atoms with E-state index in [2.05, 4.69) is 36.3 Å². The molecule has 1 fully saturated rings. The first-order valence-electron chi connectivity index (χ1n) is 10.2. The van der Waals surface area contributed by atoms with Crippen LogP contribution in [0.1, 0.15) is 40.5 Å². The molecule has 0 saturated carbocycles. The Balaban J connectivity index is 0.00000392. The monoisotopic (exact) mass is 504 g/mol. The van der Waals surface area contributed by atoms with Crippen LogP contribution in [0.15, 0.2) is 23.2 Å². The number of guanidine groups is 1. The SMILES string of the molecule is CCNC(=NCC1CCCN(C(C)C)C1)Nc1ccc(OCC)c(OC)c1.I. The van der Waals surface area contributed by atoms with Crippen LogP contribution in [0.2, 0.25) is 0 Å². The van der Waals surface area contributed by atoms with Crippen LogP contribution in [0.3, 0.4) is 0 Å². The van der Waals surface area contributed by atoms with Crippen molar-refractivity contribution in [1.29, 1.82) is 0 Å². The molecule has 0 radical (unpaired) electrons. The van der Waals surface area contributed by atoms with Gasteiger partial charge < -0.3 is 25.0 Å². The first-order chi connectivity index (χ1) is 13.1. The van der Waals surface area contributed by atoms with Gasteiger partial charge in [0.2, 0.25) is 0 Å². The predicted molar refractivity (Wildman–Crippen MR) is 129 cm³/mol. The lowest BCUT2D eigenvalue weighted by Gasteiger charge is -2.34. The summed E-state index contributed by atoms with van der Waals surface area (Å²) in [4.78, 5) is 7.39. The number of methoxy groups -OCH3 is 1. The summed E-state index contributed by atoms with van der Waals surface area (Å²) in [5, 5.41) is 6.72. The van der Waals surface area contributed by atoms with Gasteiger partial charge in [0.05, 0.1) is 13.7 Å². The summed E-state index contributed by atoms with van der Waals surface area (Å²) in [6, 6.07) is 6.47. The minimum Gasteiger partial charge on any atom is -0.493 e. The third-order valence-corrected chi connectivity index (χ3v) is 4.86. The molecule has 0 spiro atoms. The van der Waals surface area contributed by atoms with Crippen molar-refractivity contribution >= 4 is 35.6 Å². The molecule has 160 valence electrons. The first-order valence-corrected chi connectivity index (χ1v) is 10.2. The number of nitrogens with zero attached hydrogens (tertiary/aromatic N) is 2. The Morgan fingerprint density at radius 3 is 2.71 bits per heavy atom. The molecule has 1 aliphatic rings. The summed E-state index contributed by atoms with van der Waals surface area (Å²) in [5.74, 6) is 2.90. The van der Waals surface area contributed by atoms with Crippen molar-refractivity contribution in [2.45, 2.75) is 46.6 Å². The molecule has 0 amide bonds. The summed E-state index contributed by atoms with van der Waals surface area (Å²) in [6.45, 7) is 13.2. The van der Waals surface area contributed by atoms with Crippen LogP contribution in [-0.2, 0) is 0 Å². The van der Waals surface area contributed by atoms with Crippen LogP contribution in [0, 0.1) is 5.92 Å². The fraction of sp³-hybridized carbons (Fsp3) is 0.667. The van der Waals surface area contributed by atoms with E-state index in [0.29, 0.717) is 18.6 Å². The number of piperidine rings is 1. The molecular formula is C21H37IN4O2. The Kier molecular flexibility index (Phi) is 11.6.